The van der Waals surface area contributed by atoms with Gasteiger partial charge in [-0.2, -0.15) is 0 Å². The summed E-state index contributed by atoms with van der Waals surface area (Å²) < 4.78 is 0. The van der Waals surface area contributed by atoms with Crippen molar-refractivity contribution < 1.29 is 0 Å². The summed E-state index contributed by atoms with van der Waals surface area (Å²) in [6.07, 6.45) is 10.6. The van der Waals surface area contributed by atoms with Crippen molar-refractivity contribution in [3.05, 3.63) is 11.6 Å². The highest BCUT2D eigenvalue weighted by atomic mass is 14.9. The van der Waals surface area contributed by atoms with Gasteiger partial charge in [0.1, 0.15) is 0 Å². The van der Waals surface area contributed by atoms with Crippen LogP contribution in [0.5, 0.6) is 0 Å². The quantitative estimate of drug-likeness (QED) is 0.662. The van der Waals surface area contributed by atoms with Gasteiger partial charge in [-0.05, 0) is 44.7 Å². The van der Waals surface area contributed by atoms with Gasteiger partial charge >= 0.3 is 0 Å². The molecule has 14 heavy (non-hydrogen) atoms. The minimum absolute atomic E-state index is 0.850. The zero-order valence-corrected chi connectivity index (χ0v) is 9.81. The van der Waals surface area contributed by atoms with E-state index in [4.69, 9.17) is 0 Å². The van der Waals surface area contributed by atoms with Gasteiger partial charge < -0.3 is 5.32 Å². The van der Waals surface area contributed by atoms with Crippen LogP contribution >= 0.6 is 0 Å². The topological polar surface area (TPSA) is 12.0 Å². The highest BCUT2D eigenvalue weighted by Gasteiger charge is 2.07. The fraction of sp³-hybridized carbons (Fsp3) is 0.846. The van der Waals surface area contributed by atoms with Gasteiger partial charge in [-0.1, -0.05) is 38.3 Å². The minimum atomic E-state index is 0.850. The fourth-order valence-electron chi connectivity index (χ4n) is 2.12. The molecule has 0 radical (unpaired) electrons. The second kappa shape index (κ2) is 7.05. The first-order valence-corrected chi connectivity index (χ1v) is 6.27. The van der Waals surface area contributed by atoms with E-state index in [0.29, 0.717) is 0 Å². The summed E-state index contributed by atoms with van der Waals surface area (Å²) in [5.74, 6) is 0.850. The zero-order valence-electron chi connectivity index (χ0n) is 9.81. The molecule has 0 aromatic carbocycles. The summed E-state index contributed by atoms with van der Waals surface area (Å²) in [6, 6.07) is 0. The second-order valence-electron chi connectivity index (χ2n) is 4.39. The lowest BCUT2D eigenvalue weighted by Crippen LogP contribution is -2.23. The Morgan fingerprint density at radius 2 is 2.00 bits per heavy atom. The average molecular weight is 195 g/mol. The van der Waals surface area contributed by atoms with Crippen LogP contribution in [0.25, 0.3) is 0 Å². The summed E-state index contributed by atoms with van der Waals surface area (Å²) in [6.45, 7) is 6.98. The standard InChI is InChI=1S/C13H25N/c1-3-5-6-12(4-2)11-13-7-9-14-10-8-13/h11-12,14H,3-10H2,1-2H3. The average Bonchev–Trinajstić information content (AvgIpc) is 2.25. The first-order chi connectivity index (χ1) is 6.86. The molecule has 1 fully saturated rings. The number of piperidine rings is 1. The fourth-order valence-corrected chi connectivity index (χ4v) is 2.12. The van der Waals surface area contributed by atoms with Crippen molar-refractivity contribution in [2.24, 2.45) is 5.92 Å². The first-order valence-electron chi connectivity index (χ1n) is 6.27. The highest BCUT2D eigenvalue weighted by Crippen LogP contribution is 2.19. The molecule has 0 amide bonds. The molecule has 1 nitrogen and oxygen atoms in total. The van der Waals surface area contributed by atoms with Crippen LogP contribution in [0.2, 0.25) is 0 Å². The SMILES string of the molecule is CCCCC(C=C1CCNCC1)CC. The molecule has 82 valence electrons. The third kappa shape index (κ3) is 4.28. The van der Waals surface area contributed by atoms with Crippen LogP contribution in [0.15, 0.2) is 11.6 Å². The Bertz CT molecular complexity index is 164. The van der Waals surface area contributed by atoms with Crippen LogP contribution in [-0.2, 0) is 0 Å². The normalized spacial score (nSPS) is 19.4. The van der Waals surface area contributed by atoms with Crippen molar-refractivity contribution in [1.82, 2.24) is 5.32 Å². The van der Waals surface area contributed by atoms with E-state index < -0.39 is 0 Å². The predicted molar refractivity (Wildman–Crippen MR) is 63.5 cm³/mol. The Kier molecular flexibility index (Phi) is 5.93. The third-order valence-electron chi connectivity index (χ3n) is 3.17. The van der Waals surface area contributed by atoms with Gasteiger partial charge in [0.2, 0.25) is 0 Å². The summed E-state index contributed by atoms with van der Waals surface area (Å²) >= 11 is 0. The molecule has 1 aliphatic heterocycles. The molecule has 1 rings (SSSR count). The van der Waals surface area contributed by atoms with Gasteiger partial charge in [0.05, 0.1) is 0 Å². The lowest BCUT2D eigenvalue weighted by atomic mass is 9.93. The van der Waals surface area contributed by atoms with Crippen molar-refractivity contribution in [3.8, 4) is 0 Å². The number of allylic oxidation sites excluding steroid dienone is 1. The number of unbranched alkanes of at least 4 members (excludes halogenated alkanes) is 1. The van der Waals surface area contributed by atoms with Gasteiger partial charge in [0, 0.05) is 0 Å². The number of hydrogen-bond donors (Lipinski definition) is 1. The van der Waals surface area contributed by atoms with Crippen molar-refractivity contribution in [1.29, 1.82) is 0 Å². The maximum atomic E-state index is 3.41. The molecule has 0 aromatic rings. The predicted octanol–water partition coefficient (Wildman–Crippen LogP) is 3.51. The lowest BCUT2D eigenvalue weighted by molar-refractivity contribution is 0.525. The van der Waals surface area contributed by atoms with Gasteiger partial charge in [-0.25, -0.2) is 0 Å². The van der Waals surface area contributed by atoms with E-state index in [2.05, 4.69) is 25.2 Å². The number of rotatable bonds is 5. The van der Waals surface area contributed by atoms with Gasteiger partial charge in [0.15, 0.2) is 0 Å². The summed E-state index contributed by atoms with van der Waals surface area (Å²) in [4.78, 5) is 0. The molecule has 0 aromatic heterocycles. The van der Waals surface area contributed by atoms with E-state index in [9.17, 15) is 0 Å². The van der Waals surface area contributed by atoms with Crippen LogP contribution in [0.4, 0.5) is 0 Å². The minimum Gasteiger partial charge on any atom is -0.316 e. The van der Waals surface area contributed by atoms with Crippen LogP contribution in [0, 0.1) is 5.92 Å². The summed E-state index contributed by atoms with van der Waals surface area (Å²) in [7, 11) is 0. The van der Waals surface area contributed by atoms with Crippen LogP contribution < -0.4 is 5.32 Å². The molecule has 1 heteroatoms. The Labute approximate surface area is 89.0 Å². The van der Waals surface area contributed by atoms with E-state index in [-0.39, 0.29) is 0 Å². The van der Waals surface area contributed by atoms with Crippen molar-refractivity contribution in [3.63, 3.8) is 0 Å². The summed E-state index contributed by atoms with van der Waals surface area (Å²) in [5, 5.41) is 3.41. The Balaban J connectivity index is 2.35. The van der Waals surface area contributed by atoms with Gasteiger partial charge in [-0.3, -0.25) is 0 Å². The van der Waals surface area contributed by atoms with Gasteiger partial charge in [-0.15, -0.1) is 0 Å². The number of hydrogen-bond acceptors (Lipinski definition) is 1. The molecule has 1 saturated heterocycles. The maximum Gasteiger partial charge on any atom is -0.00115 e. The molecule has 1 aliphatic rings. The van der Waals surface area contributed by atoms with E-state index in [0.717, 1.165) is 5.92 Å². The van der Waals surface area contributed by atoms with E-state index >= 15 is 0 Å². The molecule has 1 atom stereocenters. The molecular weight excluding hydrogens is 170 g/mol. The molecule has 0 bridgehead atoms. The largest absolute Gasteiger partial charge is 0.316 e. The molecule has 1 N–H and O–H groups in total. The number of nitrogens with one attached hydrogen (secondary N) is 1. The Hall–Kier alpha value is -0.300. The maximum absolute atomic E-state index is 3.41. The van der Waals surface area contributed by atoms with Crippen LogP contribution in [0.3, 0.4) is 0 Å². The molecular formula is C13H25N. The molecule has 0 saturated carbocycles. The van der Waals surface area contributed by atoms with E-state index in [1.807, 2.05) is 0 Å². The molecule has 1 heterocycles. The van der Waals surface area contributed by atoms with E-state index in [1.165, 1.54) is 51.6 Å². The van der Waals surface area contributed by atoms with Crippen molar-refractivity contribution >= 4 is 0 Å². The summed E-state index contributed by atoms with van der Waals surface area (Å²) in [5.41, 5.74) is 1.70. The monoisotopic (exact) mass is 195 g/mol. The first kappa shape index (κ1) is 11.8. The highest BCUT2D eigenvalue weighted by molar-refractivity contribution is 5.07. The molecule has 0 aliphatic carbocycles. The smallest absolute Gasteiger partial charge is 0.00115 e. The Morgan fingerprint density at radius 3 is 2.57 bits per heavy atom. The van der Waals surface area contributed by atoms with Crippen molar-refractivity contribution in [2.75, 3.05) is 13.1 Å². The van der Waals surface area contributed by atoms with Gasteiger partial charge in [0.25, 0.3) is 0 Å². The van der Waals surface area contributed by atoms with Crippen LogP contribution in [-0.4, -0.2) is 13.1 Å². The molecule has 1 unspecified atom stereocenters. The van der Waals surface area contributed by atoms with Crippen molar-refractivity contribution in [2.45, 2.75) is 52.4 Å². The van der Waals surface area contributed by atoms with Crippen LogP contribution in [0.1, 0.15) is 52.4 Å². The zero-order chi connectivity index (χ0) is 10.2. The lowest BCUT2D eigenvalue weighted by Gasteiger charge is -2.18. The second-order valence-corrected chi connectivity index (χ2v) is 4.39. The van der Waals surface area contributed by atoms with E-state index in [1.54, 1.807) is 5.57 Å². The molecule has 0 spiro atoms. The third-order valence-corrected chi connectivity index (χ3v) is 3.17. The Morgan fingerprint density at radius 1 is 1.29 bits per heavy atom.